The van der Waals surface area contributed by atoms with Gasteiger partial charge in [-0.05, 0) is 30.2 Å². The lowest BCUT2D eigenvalue weighted by molar-refractivity contribution is -0.139. The molecular weight excluding hydrogens is 284 g/mol. The van der Waals surface area contributed by atoms with Gasteiger partial charge in [-0.2, -0.15) is 0 Å². The predicted octanol–water partition coefficient (Wildman–Crippen LogP) is 2.56. The third-order valence-electron chi connectivity index (χ3n) is 5.44. The number of hydrogen-bond acceptors (Lipinski definition) is 2. The van der Waals surface area contributed by atoms with E-state index in [-0.39, 0.29) is 18.3 Å². The third-order valence-corrected chi connectivity index (χ3v) is 5.44. The van der Waals surface area contributed by atoms with Gasteiger partial charge in [-0.15, -0.1) is 12.4 Å². The van der Waals surface area contributed by atoms with Crippen LogP contribution < -0.4 is 5.32 Å². The molecule has 3 aliphatic rings. The second-order valence-electron chi connectivity index (χ2n) is 6.91. The highest BCUT2D eigenvalue weighted by atomic mass is 35.5. The zero-order valence-electron chi connectivity index (χ0n) is 12.4. The summed E-state index contributed by atoms with van der Waals surface area (Å²) in [5, 5.41) is 3.37. The van der Waals surface area contributed by atoms with E-state index in [9.17, 15) is 4.79 Å². The van der Waals surface area contributed by atoms with Gasteiger partial charge in [0.2, 0.25) is 5.91 Å². The van der Waals surface area contributed by atoms with E-state index in [0.717, 1.165) is 19.5 Å². The second-order valence-corrected chi connectivity index (χ2v) is 6.91. The maximum Gasteiger partial charge on any atom is 0.219 e. The Morgan fingerprint density at radius 1 is 1.24 bits per heavy atom. The summed E-state index contributed by atoms with van der Waals surface area (Å²) in [5.41, 5.74) is 1.93. The van der Waals surface area contributed by atoms with E-state index >= 15 is 0 Å². The van der Waals surface area contributed by atoms with Crippen molar-refractivity contribution in [3.63, 3.8) is 0 Å². The van der Waals surface area contributed by atoms with Crippen molar-refractivity contribution in [2.75, 3.05) is 13.1 Å². The number of nitrogens with one attached hydrogen (secondary N) is 1. The van der Waals surface area contributed by atoms with Crippen molar-refractivity contribution < 1.29 is 4.79 Å². The number of hydrogen-bond donors (Lipinski definition) is 1. The molecule has 3 fully saturated rings. The fraction of sp³-hybridized carbons (Fsp3) is 0.588. The standard InChI is InChI=1S/C17H22N2O.ClH/c1-12(20)19(14-8-17(9-14)10-18-11-17)16-7-15(16)13-5-3-2-4-6-13;/h2-6,14-16,18H,7-11H2,1H3;1H. The Morgan fingerprint density at radius 3 is 2.43 bits per heavy atom. The Kier molecular flexibility index (Phi) is 3.74. The fourth-order valence-electron chi connectivity index (χ4n) is 4.21. The van der Waals surface area contributed by atoms with Crippen LogP contribution in [-0.4, -0.2) is 36.0 Å². The summed E-state index contributed by atoms with van der Waals surface area (Å²) in [7, 11) is 0. The van der Waals surface area contributed by atoms with E-state index < -0.39 is 0 Å². The molecule has 1 aromatic rings. The van der Waals surface area contributed by atoms with Gasteiger partial charge in [0, 0.05) is 38.0 Å². The van der Waals surface area contributed by atoms with Crippen LogP contribution in [0.5, 0.6) is 0 Å². The smallest absolute Gasteiger partial charge is 0.219 e. The van der Waals surface area contributed by atoms with Crippen LogP contribution in [0, 0.1) is 5.41 Å². The number of carbonyl (C=O) groups is 1. The minimum absolute atomic E-state index is 0. The predicted molar refractivity (Wildman–Crippen MR) is 85.7 cm³/mol. The van der Waals surface area contributed by atoms with E-state index in [0.29, 0.717) is 23.4 Å². The van der Waals surface area contributed by atoms with Gasteiger partial charge in [0.05, 0.1) is 0 Å². The van der Waals surface area contributed by atoms with E-state index in [2.05, 4.69) is 40.5 Å². The lowest BCUT2D eigenvalue weighted by Crippen LogP contribution is -2.66. The molecule has 1 amide bonds. The van der Waals surface area contributed by atoms with E-state index in [1.807, 2.05) is 0 Å². The highest BCUT2D eigenvalue weighted by molar-refractivity contribution is 5.85. The molecule has 1 aromatic carbocycles. The molecule has 0 aromatic heterocycles. The highest BCUT2D eigenvalue weighted by Crippen LogP contribution is 2.52. The van der Waals surface area contributed by atoms with Gasteiger partial charge in [-0.1, -0.05) is 30.3 Å². The van der Waals surface area contributed by atoms with Crippen LogP contribution in [0.4, 0.5) is 0 Å². The second kappa shape index (κ2) is 5.29. The largest absolute Gasteiger partial charge is 0.336 e. The van der Waals surface area contributed by atoms with Gasteiger partial charge in [-0.25, -0.2) is 0 Å². The first-order valence-corrected chi connectivity index (χ1v) is 7.73. The number of rotatable bonds is 3. The topological polar surface area (TPSA) is 32.3 Å². The van der Waals surface area contributed by atoms with Gasteiger partial charge in [-0.3, -0.25) is 4.79 Å². The summed E-state index contributed by atoms with van der Waals surface area (Å²) in [6, 6.07) is 11.6. The van der Waals surface area contributed by atoms with Crippen LogP contribution in [0.2, 0.25) is 0 Å². The number of nitrogens with zero attached hydrogens (tertiary/aromatic N) is 1. The molecular formula is C17H23ClN2O. The van der Waals surface area contributed by atoms with Gasteiger partial charge in [0.15, 0.2) is 0 Å². The molecule has 2 saturated carbocycles. The SMILES string of the molecule is CC(=O)N(C1CC2(CNC2)C1)C1CC1c1ccccc1.Cl. The first-order chi connectivity index (χ1) is 9.69. The summed E-state index contributed by atoms with van der Waals surface area (Å²) in [5.74, 6) is 0.830. The van der Waals surface area contributed by atoms with Gasteiger partial charge < -0.3 is 10.2 Å². The van der Waals surface area contributed by atoms with Crippen LogP contribution in [0.25, 0.3) is 0 Å². The molecule has 2 atom stereocenters. The molecule has 1 heterocycles. The van der Waals surface area contributed by atoms with Gasteiger partial charge >= 0.3 is 0 Å². The minimum Gasteiger partial charge on any atom is -0.336 e. The molecule has 1 N–H and O–H groups in total. The van der Waals surface area contributed by atoms with Crippen molar-refractivity contribution >= 4 is 18.3 Å². The summed E-state index contributed by atoms with van der Waals surface area (Å²) in [4.78, 5) is 14.3. The molecule has 114 valence electrons. The van der Waals surface area contributed by atoms with Crippen LogP contribution in [0.1, 0.15) is 37.7 Å². The van der Waals surface area contributed by atoms with Crippen molar-refractivity contribution in [3.05, 3.63) is 35.9 Å². The van der Waals surface area contributed by atoms with Crippen molar-refractivity contribution in [2.45, 2.75) is 44.2 Å². The first kappa shape index (κ1) is 14.9. The number of halogens is 1. The van der Waals surface area contributed by atoms with E-state index in [4.69, 9.17) is 0 Å². The Labute approximate surface area is 132 Å². The van der Waals surface area contributed by atoms with Crippen LogP contribution in [0.3, 0.4) is 0 Å². The lowest BCUT2D eigenvalue weighted by Gasteiger charge is -2.57. The molecule has 0 bridgehead atoms. The highest BCUT2D eigenvalue weighted by Gasteiger charge is 2.55. The zero-order chi connectivity index (χ0) is 13.7. The molecule has 4 rings (SSSR count). The number of benzene rings is 1. The fourth-order valence-corrected chi connectivity index (χ4v) is 4.21. The number of amides is 1. The van der Waals surface area contributed by atoms with Crippen molar-refractivity contribution in [1.82, 2.24) is 10.2 Å². The Morgan fingerprint density at radius 2 is 1.90 bits per heavy atom. The molecule has 1 saturated heterocycles. The number of carbonyl (C=O) groups excluding carboxylic acids is 1. The van der Waals surface area contributed by atoms with Crippen molar-refractivity contribution in [1.29, 1.82) is 0 Å². The zero-order valence-corrected chi connectivity index (χ0v) is 13.2. The first-order valence-electron chi connectivity index (χ1n) is 7.73. The molecule has 1 aliphatic heterocycles. The summed E-state index contributed by atoms with van der Waals surface area (Å²) in [6.07, 6.45) is 3.56. The average molecular weight is 307 g/mol. The minimum atomic E-state index is 0. The third kappa shape index (κ3) is 2.47. The molecule has 1 spiro atoms. The lowest BCUT2D eigenvalue weighted by atomic mass is 9.61. The van der Waals surface area contributed by atoms with Crippen LogP contribution in [-0.2, 0) is 4.79 Å². The van der Waals surface area contributed by atoms with Crippen LogP contribution in [0.15, 0.2) is 30.3 Å². The normalized spacial score (nSPS) is 29.0. The van der Waals surface area contributed by atoms with Gasteiger partial charge in [0.1, 0.15) is 0 Å². The molecule has 0 radical (unpaired) electrons. The maximum absolute atomic E-state index is 12.1. The Hall–Kier alpha value is -1.06. The molecule has 4 heteroatoms. The maximum atomic E-state index is 12.1. The van der Waals surface area contributed by atoms with Crippen LogP contribution >= 0.6 is 12.4 Å². The van der Waals surface area contributed by atoms with Gasteiger partial charge in [0.25, 0.3) is 0 Å². The Balaban J connectivity index is 0.00000132. The summed E-state index contributed by atoms with van der Waals surface area (Å²) < 4.78 is 0. The molecule has 3 nitrogen and oxygen atoms in total. The Bertz CT molecular complexity index is 521. The molecule has 21 heavy (non-hydrogen) atoms. The summed E-state index contributed by atoms with van der Waals surface area (Å²) >= 11 is 0. The molecule has 2 unspecified atom stereocenters. The monoisotopic (exact) mass is 306 g/mol. The average Bonchev–Trinajstić information content (AvgIpc) is 3.11. The van der Waals surface area contributed by atoms with Crippen molar-refractivity contribution in [3.8, 4) is 0 Å². The van der Waals surface area contributed by atoms with E-state index in [1.165, 1.54) is 18.4 Å². The summed E-state index contributed by atoms with van der Waals surface area (Å²) in [6.45, 7) is 4.05. The molecule has 2 aliphatic carbocycles. The van der Waals surface area contributed by atoms with Crippen molar-refractivity contribution in [2.24, 2.45) is 5.41 Å². The van der Waals surface area contributed by atoms with E-state index in [1.54, 1.807) is 6.92 Å². The quantitative estimate of drug-likeness (QED) is 0.931.